The van der Waals surface area contributed by atoms with Gasteiger partial charge in [0.2, 0.25) is 0 Å². The largest absolute Gasteiger partial charge is 0.449 e. The molecule has 0 aromatic rings. The Hall–Kier alpha value is -0.680. The topological polar surface area (TPSA) is 86.7 Å². The molecule has 8 nitrogen and oxygen atoms in total. The van der Waals surface area contributed by atoms with Gasteiger partial charge in [0.1, 0.15) is 11.1 Å². The number of ether oxygens (including phenoxy) is 2. The van der Waals surface area contributed by atoms with Crippen LogP contribution in [0.5, 0.6) is 0 Å². The number of carbonyl (C=O) groups excluding carboxylic acids is 1. The van der Waals surface area contributed by atoms with Crippen molar-refractivity contribution in [1.82, 2.24) is 4.31 Å². The molecule has 122 valence electrons. The summed E-state index contributed by atoms with van der Waals surface area (Å²) in [4.78, 5) is 16.2. The molecule has 0 spiro atoms. The Bertz CT molecular complexity index is 429. The highest BCUT2D eigenvalue weighted by atomic mass is 32.2. The van der Waals surface area contributed by atoms with Crippen molar-refractivity contribution in [3.05, 3.63) is 0 Å². The van der Waals surface area contributed by atoms with Gasteiger partial charge >= 0.3 is 6.09 Å². The molecule has 0 bridgehead atoms. The van der Waals surface area contributed by atoms with Crippen LogP contribution in [0.2, 0.25) is 0 Å². The second kappa shape index (κ2) is 8.08. The fourth-order valence-corrected chi connectivity index (χ4v) is 2.01. The zero-order chi connectivity index (χ0) is 16.0. The maximum absolute atomic E-state index is 11.8. The molecule has 1 fully saturated rings. The summed E-state index contributed by atoms with van der Waals surface area (Å²) in [6, 6.07) is 0. The number of hydrogen-bond donors (Lipinski definition) is 0. The lowest BCUT2D eigenvalue weighted by Gasteiger charge is -2.17. The molecule has 2 unspecified atom stereocenters. The monoisotopic (exact) mass is 340 g/mol. The van der Waals surface area contributed by atoms with E-state index in [1.165, 1.54) is 18.8 Å². The smallest absolute Gasteiger partial charge is 0.348 e. The van der Waals surface area contributed by atoms with Gasteiger partial charge in [-0.1, -0.05) is 5.16 Å². The van der Waals surface area contributed by atoms with Crippen LogP contribution < -0.4 is 0 Å². The van der Waals surface area contributed by atoms with Crippen molar-refractivity contribution >= 4 is 34.2 Å². The summed E-state index contributed by atoms with van der Waals surface area (Å²) in [6.07, 6.45) is 0.596. The minimum absolute atomic E-state index is 0.0424. The number of rotatable bonds is 5. The predicted molar refractivity (Wildman–Crippen MR) is 79.9 cm³/mol. The SMILES string of the molecule is CS/C(C)=N/OC(=O)N(C)S(=O)OCC1COC(C)(C)O1. The first-order chi connectivity index (χ1) is 9.75. The Balaban J connectivity index is 2.36. The minimum atomic E-state index is -1.99. The van der Waals surface area contributed by atoms with Crippen LogP contribution >= 0.6 is 11.8 Å². The van der Waals surface area contributed by atoms with Crippen molar-refractivity contribution in [2.75, 3.05) is 26.5 Å². The fourth-order valence-electron chi connectivity index (χ4n) is 1.32. The first kappa shape index (κ1) is 18.4. The number of thioether (sulfide) groups is 1. The molecule has 10 heteroatoms. The molecule has 0 radical (unpaired) electrons. The first-order valence-electron chi connectivity index (χ1n) is 6.15. The Labute approximate surface area is 130 Å². The molecule has 0 N–H and O–H groups in total. The highest BCUT2D eigenvalue weighted by Gasteiger charge is 2.33. The van der Waals surface area contributed by atoms with Gasteiger partial charge < -0.3 is 9.47 Å². The lowest BCUT2D eigenvalue weighted by Crippen LogP contribution is -2.32. The van der Waals surface area contributed by atoms with E-state index in [2.05, 4.69) is 9.99 Å². The highest BCUT2D eigenvalue weighted by Crippen LogP contribution is 2.22. The quantitative estimate of drug-likeness (QED) is 0.324. The van der Waals surface area contributed by atoms with E-state index in [0.29, 0.717) is 11.7 Å². The van der Waals surface area contributed by atoms with E-state index >= 15 is 0 Å². The predicted octanol–water partition coefficient (Wildman–Crippen LogP) is 1.50. The molecular formula is C11H20N2O6S2. The summed E-state index contributed by atoms with van der Waals surface area (Å²) >= 11 is -0.655. The van der Waals surface area contributed by atoms with Crippen LogP contribution in [-0.4, -0.2) is 58.1 Å². The van der Waals surface area contributed by atoms with E-state index in [9.17, 15) is 9.00 Å². The van der Waals surface area contributed by atoms with E-state index in [-0.39, 0.29) is 12.7 Å². The van der Waals surface area contributed by atoms with Crippen LogP contribution in [0.1, 0.15) is 20.8 Å². The minimum Gasteiger partial charge on any atom is -0.348 e. The van der Waals surface area contributed by atoms with Crippen molar-refractivity contribution in [1.29, 1.82) is 0 Å². The summed E-state index contributed by atoms with van der Waals surface area (Å²) in [5, 5.41) is 4.13. The lowest BCUT2D eigenvalue weighted by atomic mass is 10.4. The van der Waals surface area contributed by atoms with Gasteiger partial charge in [-0.2, -0.15) is 0 Å². The summed E-state index contributed by atoms with van der Waals surface area (Å²) in [7, 11) is 1.29. The van der Waals surface area contributed by atoms with Crippen molar-refractivity contribution in [3.63, 3.8) is 0 Å². The summed E-state index contributed by atoms with van der Waals surface area (Å²) < 4.78 is 28.5. The van der Waals surface area contributed by atoms with Gasteiger partial charge in [0.05, 0.1) is 13.2 Å². The molecule has 0 aromatic heterocycles. The van der Waals surface area contributed by atoms with Crippen LogP contribution in [0.25, 0.3) is 0 Å². The second-order valence-corrected chi connectivity index (χ2v) is 6.84. The number of carbonyl (C=O) groups is 1. The molecule has 0 aliphatic carbocycles. The zero-order valence-corrected chi connectivity index (χ0v) is 14.3. The standard InChI is InChI=1S/C11H20N2O6S2/c1-8(20-5)12-19-10(14)13(4)21(15)17-7-9-6-16-11(2,3)18-9/h9H,6-7H2,1-5H3/b12-8+. The molecule has 0 saturated carbocycles. The fraction of sp³-hybridized carbons (Fsp3) is 0.818. The number of oxime groups is 1. The summed E-state index contributed by atoms with van der Waals surface area (Å²) in [5.41, 5.74) is 0. The number of hydrogen-bond acceptors (Lipinski definition) is 8. The van der Waals surface area contributed by atoms with Gasteiger partial charge in [0, 0.05) is 7.05 Å². The van der Waals surface area contributed by atoms with Crippen molar-refractivity contribution in [2.45, 2.75) is 32.7 Å². The maximum Gasteiger partial charge on any atom is 0.449 e. The Morgan fingerprint density at radius 3 is 2.76 bits per heavy atom. The molecule has 1 aliphatic rings. The summed E-state index contributed by atoms with van der Waals surface area (Å²) in [6.45, 7) is 5.63. The summed E-state index contributed by atoms with van der Waals surface area (Å²) in [5.74, 6) is -0.676. The Morgan fingerprint density at radius 1 is 1.57 bits per heavy atom. The van der Waals surface area contributed by atoms with Crippen LogP contribution in [0.3, 0.4) is 0 Å². The number of nitrogens with zero attached hydrogens (tertiary/aromatic N) is 2. The maximum atomic E-state index is 11.8. The molecule has 1 amide bonds. The molecule has 1 saturated heterocycles. The molecule has 21 heavy (non-hydrogen) atoms. The molecule has 1 heterocycles. The highest BCUT2D eigenvalue weighted by molar-refractivity contribution is 8.13. The Morgan fingerprint density at radius 2 is 2.24 bits per heavy atom. The van der Waals surface area contributed by atoms with Crippen LogP contribution in [0.4, 0.5) is 4.79 Å². The first-order valence-corrected chi connectivity index (χ1v) is 8.41. The van der Waals surface area contributed by atoms with E-state index in [1.54, 1.807) is 27.0 Å². The van der Waals surface area contributed by atoms with Gasteiger partial charge in [-0.3, -0.25) is 9.02 Å². The van der Waals surface area contributed by atoms with Gasteiger partial charge in [-0.05, 0) is 27.0 Å². The van der Waals surface area contributed by atoms with E-state index in [1.807, 2.05) is 0 Å². The molecular weight excluding hydrogens is 320 g/mol. The van der Waals surface area contributed by atoms with Gasteiger partial charge in [-0.15, -0.1) is 11.8 Å². The third-order valence-corrected chi connectivity index (χ3v) is 4.05. The molecule has 1 aliphatic heterocycles. The average molecular weight is 340 g/mol. The van der Waals surface area contributed by atoms with E-state index < -0.39 is 23.1 Å². The van der Waals surface area contributed by atoms with Gasteiger partial charge in [-0.25, -0.2) is 13.3 Å². The third-order valence-electron chi connectivity index (χ3n) is 2.45. The average Bonchev–Trinajstić information content (AvgIpc) is 2.80. The lowest BCUT2D eigenvalue weighted by molar-refractivity contribution is -0.141. The van der Waals surface area contributed by atoms with Gasteiger partial charge in [0.25, 0.3) is 11.3 Å². The van der Waals surface area contributed by atoms with Crippen molar-refractivity contribution in [3.8, 4) is 0 Å². The van der Waals surface area contributed by atoms with Crippen LogP contribution in [-0.2, 0) is 29.8 Å². The zero-order valence-electron chi connectivity index (χ0n) is 12.7. The van der Waals surface area contributed by atoms with Crippen molar-refractivity contribution < 1.29 is 27.5 Å². The van der Waals surface area contributed by atoms with Crippen LogP contribution in [0, 0.1) is 0 Å². The number of amides is 1. The third kappa shape index (κ3) is 6.30. The Kier molecular flexibility index (Phi) is 7.07. The second-order valence-electron chi connectivity index (χ2n) is 4.62. The van der Waals surface area contributed by atoms with E-state index in [4.69, 9.17) is 13.7 Å². The normalized spacial score (nSPS) is 22.9. The molecule has 1 rings (SSSR count). The van der Waals surface area contributed by atoms with Gasteiger partial charge in [0.15, 0.2) is 5.79 Å². The molecule has 2 atom stereocenters. The molecule has 0 aromatic carbocycles. The van der Waals surface area contributed by atoms with Crippen LogP contribution in [0.15, 0.2) is 5.16 Å². The van der Waals surface area contributed by atoms with E-state index in [0.717, 1.165) is 4.31 Å². The van der Waals surface area contributed by atoms with Crippen molar-refractivity contribution in [2.24, 2.45) is 5.16 Å².